The van der Waals surface area contributed by atoms with E-state index in [9.17, 15) is 85.0 Å². The Balaban J connectivity index is 3.59. The molecule has 22 heteroatoms. The average molecular weight is 601 g/mol. The summed E-state index contributed by atoms with van der Waals surface area (Å²) >= 11 is 0. The molecule has 1 heterocycles. The Labute approximate surface area is 200 Å². The van der Waals surface area contributed by atoms with Crippen LogP contribution in [0.1, 0.15) is 6.42 Å². The highest BCUT2D eigenvalue weighted by Gasteiger charge is 3.05. The molecular weight excluding hydrogens is 586 g/mol. The Morgan fingerprint density at radius 3 is 1.71 bits per heavy atom. The van der Waals surface area contributed by atoms with E-state index in [1.54, 1.807) is 0 Å². The van der Waals surface area contributed by atoms with Crippen LogP contribution in [0.5, 0.6) is 0 Å². The van der Waals surface area contributed by atoms with Gasteiger partial charge in [-0.05, 0) is 5.12 Å². The van der Waals surface area contributed by atoms with Gasteiger partial charge in [-0.25, -0.2) is 8.78 Å². The van der Waals surface area contributed by atoms with Crippen molar-refractivity contribution in [1.29, 1.82) is 0 Å². The van der Waals surface area contributed by atoms with Crippen LogP contribution in [0.15, 0.2) is 0 Å². The predicted octanol–water partition coefficient (Wildman–Crippen LogP) is 2.59. The van der Waals surface area contributed by atoms with Gasteiger partial charge in [0.25, 0.3) is 5.91 Å². The van der Waals surface area contributed by atoms with Crippen LogP contribution in [0.2, 0.25) is 0 Å². The van der Waals surface area contributed by atoms with Crippen LogP contribution in [0.4, 0.5) is 70.3 Å². The van der Waals surface area contributed by atoms with Gasteiger partial charge in [-0.2, -0.15) is 57.1 Å². The highest BCUT2D eigenvalue weighted by Crippen LogP contribution is 2.71. The lowest BCUT2D eigenvalue weighted by molar-refractivity contribution is -0.884. The summed E-state index contributed by atoms with van der Waals surface area (Å²) in [7, 11) is 2.32. The van der Waals surface area contributed by atoms with Gasteiger partial charge in [-0.1, -0.05) is 0 Å². The molecule has 1 amide bonds. The van der Waals surface area contributed by atoms with Crippen LogP contribution < -0.4 is 10.4 Å². The highest BCUT2D eigenvalue weighted by atomic mass is 19.4. The van der Waals surface area contributed by atoms with Gasteiger partial charge in [-0.15, -0.1) is 4.48 Å². The van der Waals surface area contributed by atoms with Crippen molar-refractivity contribution < 1.29 is 89.5 Å². The number of piperidine rings is 1. The SMILES string of the molecule is C[N+](C)(CCCNC(=O)C(F)(F)C(F)(F)C1(F)C(F)(F)C(F)(F)C(F)(F)N(F)C1(F)C(F)(F)F)CC(=O)[O-]. The average Bonchev–Trinajstić information content (AvgIpc) is 2.71. The molecule has 2 atom stereocenters. The molecule has 1 fully saturated rings. The molecule has 224 valence electrons. The minimum absolute atomic E-state index is 0.416. The topological polar surface area (TPSA) is 72.5 Å². The number of rotatable bonds is 9. The van der Waals surface area contributed by atoms with Gasteiger partial charge in [0.2, 0.25) is 0 Å². The summed E-state index contributed by atoms with van der Waals surface area (Å²) < 4.78 is 220. The van der Waals surface area contributed by atoms with Gasteiger partial charge in [0.05, 0.1) is 26.6 Å². The lowest BCUT2D eigenvalue weighted by Gasteiger charge is -2.56. The number of nitrogens with zero attached hydrogens (tertiary/aromatic N) is 2. The van der Waals surface area contributed by atoms with Gasteiger partial charge >= 0.3 is 47.4 Å². The van der Waals surface area contributed by atoms with Crippen molar-refractivity contribution in [1.82, 2.24) is 10.4 Å². The first-order chi connectivity index (χ1) is 16.4. The molecule has 2 unspecified atom stereocenters. The number of carbonyl (C=O) groups excluding carboxylic acids is 2. The molecule has 0 aromatic heterocycles. The summed E-state index contributed by atoms with van der Waals surface area (Å²) in [4.78, 5) is 22.1. The molecule has 38 heavy (non-hydrogen) atoms. The number of likely N-dealkylation sites (N-methyl/N-ethyl adjacent to an activating group) is 1. The van der Waals surface area contributed by atoms with E-state index in [2.05, 4.69) is 0 Å². The summed E-state index contributed by atoms with van der Waals surface area (Å²) in [6, 6.07) is -7.75. The van der Waals surface area contributed by atoms with E-state index in [0.29, 0.717) is 0 Å². The normalized spacial score (nSPS) is 28.2. The number of hydrogen-bond donors (Lipinski definition) is 1. The third-order valence-electron chi connectivity index (χ3n) is 5.45. The first-order valence-electron chi connectivity index (χ1n) is 9.55. The summed E-state index contributed by atoms with van der Waals surface area (Å²) in [6.45, 7) is -2.43. The molecule has 0 radical (unpaired) electrons. The molecule has 0 aromatic carbocycles. The number of alkyl halides is 15. The van der Waals surface area contributed by atoms with Crippen LogP contribution in [0.25, 0.3) is 0 Å². The molecular formula is C16H15F16N3O3. The van der Waals surface area contributed by atoms with Gasteiger partial charge < -0.3 is 19.7 Å². The van der Waals surface area contributed by atoms with Crippen molar-refractivity contribution in [3.63, 3.8) is 0 Å². The van der Waals surface area contributed by atoms with E-state index in [4.69, 9.17) is 0 Å². The summed E-state index contributed by atoms with van der Waals surface area (Å²) in [5.41, 5.74) is -8.61. The molecule has 0 saturated carbocycles. The molecule has 0 bridgehead atoms. The van der Waals surface area contributed by atoms with Crippen molar-refractivity contribution in [3.05, 3.63) is 0 Å². The van der Waals surface area contributed by atoms with E-state index in [0.717, 1.165) is 19.4 Å². The van der Waals surface area contributed by atoms with E-state index in [-0.39, 0.29) is 0 Å². The zero-order valence-corrected chi connectivity index (χ0v) is 18.5. The minimum Gasteiger partial charge on any atom is -0.544 e. The highest BCUT2D eigenvalue weighted by molar-refractivity contribution is 5.85. The maximum Gasteiger partial charge on any atom is 0.443 e. The second kappa shape index (κ2) is 9.15. The van der Waals surface area contributed by atoms with Crippen LogP contribution in [0.3, 0.4) is 0 Å². The number of carboxylic acids is 1. The van der Waals surface area contributed by atoms with E-state index in [1.807, 2.05) is 0 Å². The second-order valence-corrected chi connectivity index (χ2v) is 8.70. The van der Waals surface area contributed by atoms with Crippen LogP contribution in [0, 0.1) is 0 Å². The monoisotopic (exact) mass is 601 g/mol. The van der Waals surface area contributed by atoms with Crippen LogP contribution in [-0.4, -0.2) is 103 Å². The number of carboxylic acid groups (broad SMARTS) is 1. The molecule has 1 aliphatic heterocycles. The number of carbonyl (C=O) groups is 2. The lowest BCUT2D eigenvalue weighted by atomic mass is 9.71. The Morgan fingerprint density at radius 2 is 1.32 bits per heavy atom. The van der Waals surface area contributed by atoms with Gasteiger partial charge in [-0.3, -0.25) is 4.79 Å². The maximum absolute atomic E-state index is 14.9. The number of aliphatic carboxylic acids is 1. The largest absolute Gasteiger partial charge is 0.544 e. The standard InChI is InChI=1S/C16H15F16N3O3/c1-35(2,6-7(36)37)5-3-4-33-8(38)9(17,18)11(20,21)10(19)12(22,23)13(24,25)16(30,31)34(32)14(10,26)15(27,28)29/h3-6H2,1-2H3,(H-,33,36,37,38). The summed E-state index contributed by atoms with van der Waals surface area (Å²) in [6.07, 6.45) is -8.75. The van der Waals surface area contributed by atoms with E-state index in [1.165, 1.54) is 0 Å². The molecule has 0 aromatic rings. The van der Waals surface area contributed by atoms with Crippen molar-refractivity contribution in [2.75, 3.05) is 33.7 Å². The quantitative estimate of drug-likeness (QED) is 0.145. The maximum atomic E-state index is 14.9. The Bertz CT molecular complexity index is 939. The molecule has 1 rings (SSSR count). The zero-order chi connectivity index (χ0) is 30.8. The lowest BCUT2D eigenvalue weighted by Crippen LogP contribution is -2.91. The van der Waals surface area contributed by atoms with Crippen LogP contribution in [-0.2, 0) is 9.59 Å². The van der Waals surface area contributed by atoms with E-state index >= 15 is 0 Å². The number of nitrogens with one attached hydrogen (secondary N) is 1. The first-order valence-corrected chi connectivity index (χ1v) is 9.55. The summed E-state index contributed by atoms with van der Waals surface area (Å²) in [5, 5.41) is 6.88. The summed E-state index contributed by atoms with van der Waals surface area (Å²) in [5.74, 6) is -45.8. The van der Waals surface area contributed by atoms with Crippen molar-refractivity contribution >= 4 is 11.9 Å². The Kier molecular flexibility index (Phi) is 8.13. The van der Waals surface area contributed by atoms with Gasteiger partial charge in [0.15, 0.2) is 0 Å². The fraction of sp³-hybridized carbons (Fsp3) is 0.875. The predicted molar refractivity (Wildman–Crippen MR) is 85.9 cm³/mol. The molecule has 1 N–H and O–H groups in total. The zero-order valence-electron chi connectivity index (χ0n) is 18.5. The molecule has 0 spiro atoms. The minimum atomic E-state index is -8.61. The van der Waals surface area contributed by atoms with Gasteiger partial charge in [0.1, 0.15) is 6.54 Å². The van der Waals surface area contributed by atoms with Crippen molar-refractivity contribution in [3.8, 4) is 0 Å². The van der Waals surface area contributed by atoms with E-state index < -0.39 is 94.9 Å². The second-order valence-electron chi connectivity index (χ2n) is 8.70. The molecule has 1 aliphatic rings. The van der Waals surface area contributed by atoms with Crippen LogP contribution >= 0.6 is 0 Å². The molecule has 0 aliphatic carbocycles. The van der Waals surface area contributed by atoms with Crippen molar-refractivity contribution in [2.24, 2.45) is 0 Å². The van der Waals surface area contributed by atoms with Gasteiger partial charge in [0, 0.05) is 13.0 Å². The Morgan fingerprint density at radius 1 is 0.868 bits per heavy atom. The number of amides is 1. The third-order valence-corrected chi connectivity index (χ3v) is 5.45. The molecule has 1 saturated heterocycles. The fourth-order valence-corrected chi connectivity index (χ4v) is 3.38. The first kappa shape index (κ1) is 33.8. The number of hydrogen-bond acceptors (Lipinski definition) is 4. The molecule has 6 nitrogen and oxygen atoms in total. The van der Waals surface area contributed by atoms with Crippen molar-refractivity contribution in [2.45, 2.75) is 53.8 Å². The fourth-order valence-electron chi connectivity index (χ4n) is 3.38. The third kappa shape index (κ3) is 4.30. The smallest absolute Gasteiger partial charge is 0.443 e. The number of quaternary nitrogens is 1. The number of halogens is 16. The Hall–Kier alpha value is -2.26.